The van der Waals surface area contributed by atoms with Gasteiger partial charge in [-0.05, 0) is 20.3 Å². The molecule has 0 aliphatic rings. The summed E-state index contributed by atoms with van der Waals surface area (Å²) in [6.07, 6.45) is -1.76. The van der Waals surface area contributed by atoms with Crippen LogP contribution in [0.5, 0.6) is 0 Å². The molecule has 0 spiro atoms. The lowest BCUT2D eigenvalue weighted by Gasteiger charge is -2.15. The number of carboxylic acid groups (broad SMARTS) is 1. The Hall–Kier alpha value is -1.39. The van der Waals surface area contributed by atoms with Crippen LogP contribution in [0.4, 0.5) is 4.79 Å². The van der Waals surface area contributed by atoms with Gasteiger partial charge in [0.15, 0.2) is 0 Å². The van der Waals surface area contributed by atoms with Crippen molar-refractivity contribution in [2.75, 3.05) is 13.7 Å². The zero-order chi connectivity index (χ0) is 15.1. The largest absolute Gasteiger partial charge is 0.480 e. The van der Waals surface area contributed by atoms with E-state index >= 15 is 0 Å². The molecule has 0 aromatic carbocycles. The highest BCUT2D eigenvalue weighted by molar-refractivity contribution is 7.88. The molecular formula is C9H18N2O7S. The standard InChI is InChI=1S/C9H18N2O7S/c1-6(2)18-9(14)11-19(15,16)10-7(8(12)13)4-5-17-3/h6-7,10H,4-5H2,1-3H3,(H,11,14)(H,12,13). The molecule has 0 radical (unpaired) electrons. The van der Waals surface area contributed by atoms with E-state index in [-0.39, 0.29) is 13.0 Å². The average Bonchev–Trinajstić information content (AvgIpc) is 2.21. The summed E-state index contributed by atoms with van der Waals surface area (Å²) in [7, 11) is -2.96. The van der Waals surface area contributed by atoms with Crippen LogP contribution < -0.4 is 9.44 Å². The van der Waals surface area contributed by atoms with Gasteiger partial charge in [0.1, 0.15) is 6.04 Å². The van der Waals surface area contributed by atoms with Gasteiger partial charge in [-0.15, -0.1) is 0 Å². The SMILES string of the molecule is COCCC(NS(=O)(=O)NC(=O)OC(C)C)C(=O)O. The fraction of sp³-hybridized carbons (Fsp3) is 0.778. The summed E-state index contributed by atoms with van der Waals surface area (Å²) >= 11 is 0. The molecule has 10 heteroatoms. The van der Waals surface area contributed by atoms with Gasteiger partial charge in [0.25, 0.3) is 0 Å². The molecule has 0 rings (SSSR count). The monoisotopic (exact) mass is 298 g/mol. The van der Waals surface area contributed by atoms with Crippen molar-refractivity contribution >= 4 is 22.3 Å². The summed E-state index contributed by atoms with van der Waals surface area (Å²) < 4.78 is 35.5. The van der Waals surface area contributed by atoms with Gasteiger partial charge < -0.3 is 14.6 Å². The molecule has 0 bridgehead atoms. The Morgan fingerprint density at radius 2 is 1.89 bits per heavy atom. The Balaban J connectivity index is 4.55. The predicted molar refractivity (Wildman–Crippen MR) is 64.7 cm³/mol. The first-order valence-corrected chi connectivity index (χ1v) is 6.88. The number of hydrogen-bond donors (Lipinski definition) is 3. The van der Waals surface area contributed by atoms with Crippen LogP contribution in [-0.2, 0) is 24.5 Å². The highest BCUT2D eigenvalue weighted by Crippen LogP contribution is 1.97. The summed E-state index contributed by atoms with van der Waals surface area (Å²) in [6, 6.07) is -1.40. The number of carbonyl (C=O) groups excluding carboxylic acids is 1. The third-order valence-electron chi connectivity index (χ3n) is 1.77. The predicted octanol–water partition coefficient (Wildman–Crippen LogP) is -0.555. The summed E-state index contributed by atoms with van der Waals surface area (Å²) in [5.74, 6) is -1.38. The van der Waals surface area contributed by atoms with E-state index in [1.807, 2.05) is 4.72 Å². The quantitative estimate of drug-likeness (QED) is 0.547. The van der Waals surface area contributed by atoms with Crippen LogP contribution in [-0.4, -0.2) is 51.4 Å². The Morgan fingerprint density at radius 1 is 1.32 bits per heavy atom. The number of hydrogen-bond acceptors (Lipinski definition) is 6. The van der Waals surface area contributed by atoms with Crippen molar-refractivity contribution in [3.63, 3.8) is 0 Å². The van der Waals surface area contributed by atoms with Gasteiger partial charge in [0, 0.05) is 13.7 Å². The topological polar surface area (TPSA) is 131 Å². The average molecular weight is 298 g/mol. The summed E-state index contributed by atoms with van der Waals surface area (Å²) in [4.78, 5) is 21.9. The van der Waals surface area contributed by atoms with Crippen molar-refractivity contribution in [2.24, 2.45) is 0 Å². The van der Waals surface area contributed by atoms with E-state index in [1.54, 1.807) is 4.72 Å². The number of carbonyl (C=O) groups is 2. The molecule has 0 saturated carbocycles. The van der Waals surface area contributed by atoms with Crippen LogP contribution in [0.25, 0.3) is 0 Å². The summed E-state index contributed by atoms with van der Waals surface area (Å²) in [6.45, 7) is 3.13. The zero-order valence-electron chi connectivity index (χ0n) is 10.9. The van der Waals surface area contributed by atoms with Crippen LogP contribution in [0.3, 0.4) is 0 Å². The Morgan fingerprint density at radius 3 is 2.32 bits per heavy atom. The number of carboxylic acids is 1. The lowest BCUT2D eigenvalue weighted by atomic mass is 10.2. The van der Waals surface area contributed by atoms with Crippen LogP contribution in [0.15, 0.2) is 0 Å². The first-order valence-electron chi connectivity index (χ1n) is 5.40. The Bertz CT molecular complexity index is 407. The van der Waals surface area contributed by atoms with Gasteiger partial charge >= 0.3 is 22.3 Å². The van der Waals surface area contributed by atoms with Crippen LogP contribution >= 0.6 is 0 Å². The zero-order valence-corrected chi connectivity index (χ0v) is 11.7. The first-order chi connectivity index (χ1) is 8.68. The highest BCUT2D eigenvalue weighted by Gasteiger charge is 2.25. The summed E-state index contributed by atoms with van der Waals surface area (Å²) in [5.41, 5.74) is 0. The second kappa shape index (κ2) is 7.92. The molecule has 1 amide bonds. The van der Waals surface area contributed by atoms with E-state index < -0.39 is 34.4 Å². The second-order valence-electron chi connectivity index (χ2n) is 3.85. The number of rotatable bonds is 8. The van der Waals surface area contributed by atoms with Crippen molar-refractivity contribution in [2.45, 2.75) is 32.4 Å². The molecule has 0 aromatic heterocycles. The molecule has 0 aliphatic carbocycles. The fourth-order valence-corrected chi connectivity index (χ4v) is 1.95. The normalized spacial score (nSPS) is 13.1. The van der Waals surface area contributed by atoms with Crippen molar-refractivity contribution in [1.82, 2.24) is 9.44 Å². The maximum atomic E-state index is 11.5. The number of methoxy groups -OCH3 is 1. The minimum Gasteiger partial charge on any atom is -0.480 e. The summed E-state index contributed by atoms with van der Waals surface area (Å²) in [5, 5.41) is 8.82. The maximum absolute atomic E-state index is 11.5. The molecular weight excluding hydrogens is 280 g/mol. The minimum absolute atomic E-state index is 0.0515. The molecule has 0 aliphatic heterocycles. The number of aliphatic carboxylic acids is 1. The van der Waals surface area contributed by atoms with Gasteiger partial charge in [-0.25, -0.2) is 9.52 Å². The van der Waals surface area contributed by atoms with Crippen molar-refractivity contribution in [3.8, 4) is 0 Å². The van der Waals surface area contributed by atoms with E-state index in [9.17, 15) is 18.0 Å². The van der Waals surface area contributed by atoms with Gasteiger partial charge in [-0.3, -0.25) is 4.79 Å². The van der Waals surface area contributed by atoms with E-state index in [2.05, 4.69) is 9.47 Å². The molecule has 0 fully saturated rings. The third kappa shape index (κ3) is 8.35. The molecule has 0 saturated heterocycles. The Labute approximate surface area is 111 Å². The van der Waals surface area contributed by atoms with Crippen molar-refractivity contribution in [1.29, 1.82) is 0 Å². The van der Waals surface area contributed by atoms with Gasteiger partial charge in [0.2, 0.25) is 0 Å². The van der Waals surface area contributed by atoms with Gasteiger partial charge in [-0.2, -0.15) is 13.1 Å². The van der Waals surface area contributed by atoms with E-state index in [4.69, 9.17) is 5.11 Å². The number of ether oxygens (including phenoxy) is 2. The maximum Gasteiger partial charge on any atom is 0.422 e. The number of nitrogens with one attached hydrogen (secondary N) is 2. The van der Waals surface area contributed by atoms with E-state index in [0.29, 0.717) is 0 Å². The smallest absolute Gasteiger partial charge is 0.422 e. The van der Waals surface area contributed by atoms with Crippen molar-refractivity contribution < 1.29 is 32.6 Å². The molecule has 0 aromatic rings. The fourth-order valence-electron chi connectivity index (χ4n) is 1.03. The molecule has 1 atom stereocenters. The van der Waals surface area contributed by atoms with Gasteiger partial charge in [-0.1, -0.05) is 0 Å². The Kier molecular flexibility index (Phi) is 7.34. The van der Waals surface area contributed by atoms with Crippen LogP contribution in [0.1, 0.15) is 20.3 Å². The molecule has 19 heavy (non-hydrogen) atoms. The van der Waals surface area contributed by atoms with Crippen molar-refractivity contribution in [3.05, 3.63) is 0 Å². The molecule has 0 heterocycles. The van der Waals surface area contributed by atoms with Crippen LogP contribution in [0, 0.1) is 0 Å². The van der Waals surface area contributed by atoms with E-state index in [0.717, 1.165) is 0 Å². The minimum atomic E-state index is -4.31. The van der Waals surface area contributed by atoms with Crippen LogP contribution in [0.2, 0.25) is 0 Å². The molecule has 112 valence electrons. The third-order valence-corrected chi connectivity index (χ3v) is 2.80. The molecule has 9 nitrogen and oxygen atoms in total. The molecule has 3 N–H and O–H groups in total. The highest BCUT2D eigenvalue weighted by atomic mass is 32.2. The lowest BCUT2D eigenvalue weighted by Crippen LogP contribution is -2.48. The first kappa shape index (κ1) is 17.6. The lowest BCUT2D eigenvalue weighted by molar-refractivity contribution is -0.139. The van der Waals surface area contributed by atoms with E-state index in [1.165, 1.54) is 21.0 Å². The van der Waals surface area contributed by atoms with Gasteiger partial charge in [0.05, 0.1) is 6.10 Å². The number of amides is 1. The molecule has 1 unspecified atom stereocenters. The second-order valence-corrected chi connectivity index (χ2v) is 5.30.